The van der Waals surface area contributed by atoms with Crippen LogP contribution in [-0.4, -0.2) is 66.9 Å². The van der Waals surface area contributed by atoms with E-state index < -0.39 is 0 Å². The Balaban J connectivity index is 0.000000602. The van der Waals surface area contributed by atoms with Crippen LogP contribution in [0.1, 0.15) is 24.0 Å². The van der Waals surface area contributed by atoms with E-state index in [0.717, 1.165) is 39.0 Å². The first kappa shape index (κ1) is 30.4. The molecule has 2 N–H and O–H groups in total. The molecular weight excluding hydrogens is 467 g/mol. The van der Waals surface area contributed by atoms with Crippen LogP contribution in [-0.2, 0) is 16.5 Å². The molecule has 0 amide bonds. The van der Waals surface area contributed by atoms with Gasteiger partial charge < -0.3 is 30.3 Å². The smallest absolute Gasteiger partial charge is 0.870 e. The van der Waals surface area contributed by atoms with E-state index in [1.165, 1.54) is 14.2 Å². The monoisotopic (exact) mass is 500 g/mol. The van der Waals surface area contributed by atoms with Crippen molar-refractivity contribution in [3.63, 3.8) is 0 Å². The van der Waals surface area contributed by atoms with Crippen molar-refractivity contribution in [1.29, 1.82) is 0 Å². The number of rotatable bonds is 12. The van der Waals surface area contributed by atoms with Crippen LogP contribution in [0, 0.1) is 0 Å². The largest absolute Gasteiger partial charge is 2.00 e. The van der Waals surface area contributed by atoms with Crippen LogP contribution in [0.25, 0.3) is 0 Å². The first-order chi connectivity index (χ1) is 15.6. The van der Waals surface area contributed by atoms with Crippen LogP contribution < -0.4 is 30.3 Å². The van der Waals surface area contributed by atoms with Crippen molar-refractivity contribution in [2.75, 3.05) is 54.5 Å². The fourth-order valence-corrected chi connectivity index (χ4v) is 2.61. The molecule has 0 atom stereocenters. The van der Waals surface area contributed by atoms with Gasteiger partial charge >= 0.3 is 16.5 Å². The van der Waals surface area contributed by atoms with Gasteiger partial charge in [0.15, 0.2) is 0 Å². The summed E-state index contributed by atoms with van der Waals surface area (Å²) in [5.41, 5.74) is 1.15. The predicted molar refractivity (Wildman–Crippen MR) is 127 cm³/mol. The quantitative estimate of drug-likeness (QED) is 0.260. The summed E-state index contributed by atoms with van der Waals surface area (Å²) in [6.45, 7) is 3.30. The number of hydrogen-bond acceptors (Lipinski definition) is 8. The van der Waals surface area contributed by atoms with Crippen molar-refractivity contribution in [3.05, 3.63) is 47.5 Å². The Morgan fingerprint density at radius 2 is 1.15 bits per heavy atom. The summed E-state index contributed by atoms with van der Waals surface area (Å²) in [6.07, 6.45) is 5.15. The fourth-order valence-electron chi connectivity index (χ4n) is 2.61. The molecule has 0 radical (unpaired) electrons. The first-order valence-corrected chi connectivity index (χ1v) is 10.6. The minimum atomic E-state index is -0.109. The Morgan fingerprint density at radius 1 is 0.758 bits per heavy atom. The second-order valence-corrected chi connectivity index (χ2v) is 6.74. The predicted octanol–water partition coefficient (Wildman–Crippen LogP) is 1.59. The maximum Gasteiger partial charge on any atom is 2.00 e. The second kappa shape index (κ2) is 18.9. The molecule has 0 aliphatic carbocycles. The van der Waals surface area contributed by atoms with Crippen LogP contribution in [0.2, 0.25) is 0 Å². The van der Waals surface area contributed by atoms with Crippen molar-refractivity contribution in [3.8, 4) is 23.0 Å². The molecule has 0 spiro atoms. The van der Waals surface area contributed by atoms with Gasteiger partial charge in [-0.25, -0.2) is 0 Å². The molecule has 184 valence electrons. The molecule has 9 heteroatoms. The maximum absolute atomic E-state index is 11.7. The first-order valence-electron chi connectivity index (χ1n) is 10.6. The summed E-state index contributed by atoms with van der Waals surface area (Å²) < 4.78 is 9.89. The van der Waals surface area contributed by atoms with Gasteiger partial charge in [0, 0.05) is 25.5 Å². The summed E-state index contributed by atoms with van der Waals surface area (Å²) in [4.78, 5) is 8.39. The van der Waals surface area contributed by atoms with E-state index >= 15 is 0 Å². The van der Waals surface area contributed by atoms with Crippen LogP contribution in [0.15, 0.2) is 46.4 Å². The number of para-hydroxylation sites is 2. The average Bonchev–Trinajstić information content (AvgIpc) is 2.81. The van der Waals surface area contributed by atoms with Gasteiger partial charge in [-0.3, -0.25) is 9.98 Å². The van der Waals surface area contributed by atoms with Gasteiger partial charge in [-0.1, -0.05) is 35.8 Å². The van der Waals surface area contributed by atoms with E-state index in [9.17, 15) is 10.2 Å². The average molecular weight is 501 g/mol. The number of nitrogens with zero attached hydrogens (tertiary/aromatic N) is 2. The van der Waals surface area contributed by atoms with Crippen molar-refractivity contribution in [1.82, 2.24) is 10.6 Å². The zero-order valence-electron chi connectivity index (χ0n) is 19.7. The molecule has 0 heterocycles. The van der Waals surface area contributed by atoms with Crippen LogP contribution in [0.3, 0.4) is 0 Å². The van der Waals surface area contributed by atoms with Gasteiger partial charge in [-0.05, 0) is 63.3 Å². The summed E-state index contributed by atoms with van der Waals surface area (Å²) in [5, 5.41) is 29.5. The van der Waals surface area contributed by atoms with E-state index in [1.54, 1.807) is 48.8 Å². The van der Waals surface area contributed by atoms with Crippen molar-refractivity contribution >= 4 is 12.4 Å². The maximum atomic E-state index is 11.7. The van der Waals surface area contributed by atoms with Crippen LogP contribution in [0.4, 0.5) is 0 Å². The number of methoxy groups -OCH3 is 2. The van der Waals surface area contributed by atoms with Crippen molar-refractivity contribution in [2.45, 2.75) is 12.8 Å². The number of benzene rings is 2. The normalized spacial score (nSPS) is 10.5. The van der Waals surface area contributed by atoms with Gasteiger partial charge in [0.05, 0.1) is 14.2 Å². The Hall–Kier alpha value is -2.61. The molecule has 0 saturated heterocycles. The van der Waals surface area contributed by atoms with Gasteiger partial charge in [0.1, 0.15) is 11.5 Å². The topological polar surface area (TPSA) is 113 Å². The van der Waals surface area contributed by atoms with E-state index in [2.05, 4.69) is 20.6 Å². The van der Waals surface area contributed by atoms with E-state index in [1.807, 2.05) is 14.1 Å². The zero-order chi connectivity index (χ0) is 23.6. The zero-order valence-corrected chi connectivity index (χ0v) is 20.7. The fraction of sp³-hybridized carbons (Fsp3) is 0.417. The molecule has 2 rings (SSSR count). The summed E-state index contributed by atoms with van der Waals surface area (Å²) in [6, 6.07) is 10.4. The Labute approximate surface area is 207 Å². The van der Waals surface area contributed by atoms with E-state index in [-0.39, 0.29) is 28.0 Å². The Morgan fingerprint density at radius 3 is 1.48 bits per heavy atom. The molecule has 0 unspecified atom stereocenters. The third-order valence-corrected chi connectivity index (χ3v) is 4.35. The van der Waals surface area contributed by atoms with Crippen molar-refractivity contribution < 1.29 is 36.2 Å². The molecule has 33 heavy (non-hydrogen) atoms. The van der Waals surface area contributed by atoms with Crippen LogP contribution >= 0.6 is 0 Å². The van der Waals surface area contributed by atoms with Crippen LogP contribution in [0.5, 0.6) is 23.0 Å². The minimum absolute atomic E-state index is 0. The number of ether oxygens (including phenoxy) is 2. The molecule has 0 fully saturated rings. The summed E-state index contributed by atoms with van der Waals surface area (Å²) in [7, 11) is 6.79. The molecule has 0 aromatic heterocycles. The SMILES string of the molecule is CNCCCN=Cc1cccc(OC)c1[O-].CNCCCN=Cc1cccc(OC)c1[O-].[Ni+2]. The summed E-state index contributed by atoms with van der Waals surface area (Å²) >= 11 is 0. The molecule has 0 aliphatic rings. The summed E-state index contributed by atoms with van der Waals surface area (Å²) in [5.74, 6) is 0.503. The Bertz CT molecular complexity index is 778. The third-order valence-electron chi connectivity index (χ3n) is 4.35. The molecule has 0 aliphatic heterocycles. The molecule has 2 aromatic carbocycles. The van der Waals surface area contributed by atoms with Gasteiger partial charge in [0.2, 0.25) is 0 Å². The third kappa shape index (κ3) is 11.7. The van der Waals surface area contributed by atoms with Crippen molar-refractivity contribution in [2.24, 2.45) is 9.98 Å². The van der Waals surface area contributed by atoms with E-state index in [0.29, 0.717) is 22.6 Å². The molecule has 0 bridgehead atoms. The van der Waals surface area contributed by atoms with E-state index in [4.69, 9.17) is 9.47 Å². The Kier molecular flexibility index (Phi) is 17.4. The minimum Gasteiger partial charge on any atom is -0.870 e. The molecule has 0 saturated carbocycles. The molecule has 2 aromatic rings. The second-order valence-electron chi connectivity index (χ2n) is 6.74. The number of hydrogen-bond donors (Lipinski definition) is 2. The van der Waals surface area contributed by atoms with Gasteiger partial charge in [-0.15, -0.1) is 0 Å². The van der Waals surface area contributed by atoms with Gasteiger partial charge in [-0.2, -0.15) is 0 Å². The molecule has 8 nitrogen and oxygen atoms in total. The molecular formula is C24H34N4NiO4. The number of nitrogens with one attached hydrogen (secondary N) is 2. The standard InChI is InChI=1S/2C12H18N2O2.Ni/c2*1-13-7-4-8-14-9-10-5-3-6-11(16-2)12(10)15;/h2*3,5-6,9,13,15H,4,7-8H2,1-2H3;/q;;+2/p-2. The number of aliphatic imine (C=N–C) groups is 2. The van der Waals surface area contributed by atoms with Gasteiger partial charge in [0.25, 0.3) is 0 Å².